The van der Waals surface area contributed by atoms with Crippen LogP contribution in [0.5, 0.6) is 0 Å². The molecule has 0 aliphatic heterocycles. The van der Waals surface area contributed by atoms with E-state index in [9.17, 15) is 13.2 Å². The van der Waals surface area contributed by atoms with E-state index in [1.165, 1.54) is 19.1 Å². The highest BCUT2D eigenvalue weighted by molar-refractivity contribution is 7.89. The first-order valence-corrected chi connectivity index (χ1v) is 11.8. The van der Waals surface area contributed by atoms with Crippen LogP contribution in [0.25, 0.3) is 10.6 Å². The van der Waals surface area contributed by atoms with E-state index >= 15 is 0 Å². The maximum Gasteiger partial charge on any atom is 0.241 e. The first-order chi connectivity index (χ1) is 13.2. The van der Waals surface area contributed by atoms with Crippen LogP contribution in [0.15, 0.2) is 46.7 Å². The van der Waals surface area contributed by atoms with Crippen molar-refractivity contribution >= 4 is 38.6 Å². The maximum absolute atomic E-state index is 12.4. The Hall–Kier alpha value is -2.07. The minimum Gasteiger partial charge on any atom is -0.350 e. The van der Waals surface area contributed by atoms with Crippen molar-refractivity contribution in [3.8, 4) is 10.6 Å². The molecule has 0 unspecified atom stereocenters. The van der Waals surface area contributed by atoms with Gasteiger partial charge in [0.15, 0.2) is 0 Å². The molecule has 28 heavy (non-hydrogen) atoms. The third-order valence-corrected chi connectivity index (χ3v) is 7.46. The van der Waals surface area contributed by atoms with E-state index in [2.05, 4.69) is 15.0 Å². The summed E-state index contributed by atoms with van der Waals surface area (Å²) < 4.78 is 27.2. The molecular formula is C19H21N3O3S3. The van der Waals surface area contributed by atoms with E-state index < -0.39 is 16.1 Å². The van der Waals surface area contributed by atoms with Gasteiger partial charge in [-0.25, -0.2) is 13.4 Å². The van der Waals surface area contributed by atoms with Crippen LogP contribution in [0.2, 0.25) is 0 Å². The molecule has 2 aromatic heterocycles. The average Bonchev–Trinajstić information content (AvgIpc) is 3.28. The van der Waals surface area contributed by atoms with Crippen molar-refractivity contribution in [2.24, 2.45) is 0 Å². The van der Waals surface area contributed by atoms with Gasteiger partial charge in [-0.1, -0.05) is 17.7 Å². The Morgan fingerprint density at radius 1 is 1.14 bits per heavy atom. The van der Waals surface area contributed by atoms with Gasteiger partial charge < -0.3 is 5.32 Å². The first kappa shape index (κ1) is 20.7. The van der Waals surface area contributed by atoms with Crippen LogP contribution >= 0.6 is 22.7 Å². The summed E-state index contributed by atoms with van der Waals surface area (Å²) in [6.07, 6.45) is 0. The van der Waals surface area contributed by atoms with Gasteiger partial charge in [0.05, 0.1) is 33.1 Å². The minimum absolute atomic E-state index is 0.138. The second-order valence-electron chi connectivity index (χ2n) is 6.39. The number of sulfonamides is 1. The Kier molecular flexibility index (Phi) is 6.29. The number of thiazole rings is 1. The van der Waals surface area contributed by atoms with E-state index in [1.807, 2.05) is 31.4 Å². The highest BCUT2D eigenvalue weighted by Gasteiger charge is 2.22. The molecule has 1 aromatic carbocycles. The van der Waals surface area contributed by atoms with Crippen molar-refractivity contribution in [3.05, 3.63) is 57.2 Å². The number of benzene rings is 1. The molecule has 1 amide bonds. The van der Waals surface area contributed by atoms with Crippen LogP contribution in [0.1, 0.15) is 22.4 Å². The largest absolute Gasteiger partial charge is 0.350 e. The number of aromatic nitrogens is 1. The Labute approximate surface area is 172 Å². The molecule has 9 heteroatoms. The summed E-state index contributed by atoms with van der Waals surface area (Å²) in [5, 5.41) is 5.79. The lowest BCUT2D eigenvalue weighted by Crippen LogP contribution is -2.44. The second-order valence-corrected chi connectivity index (χ2v) is 10.3. The van der Waals surface area contributed by atoms with Gasteiger partial charge in [-0.3, -0.25) is 4.79 Å². The van der Waals surface area contributed by atoms with Gasteiger partial charge in [0.1, 0.15) is 0 Å². The number of carbonyl (C=O) groups excluding carboxylic acids is 1. The fourth-order valence-electron chi connectivity index (χ4n) is 2.49. The summed E-state index contributed by atoms with van der Waals surface area (Å²) >= 11 is 3.15. The van der Waals surface area contributed by atoms with Crippen LogP contribution < -0.4 is 10.0 Å². The molecule has 2 N–H and O–H groups in total. The van der Waals surface area contributed by atoms with Crippen molar-refractivity contribution in [3.63, 3.8) is 0 Å². The average molecular weight is 436 g/mol. The molecule has 3 rings (SSSR count). The lowest BCUT2D eigenvalue weighted by Gasteiger charge is -2.14. The Morgan fingerprint density at radius 2 is 1.86 bits per heavy atom. The van der Waals surface area contributed by atoms with Gasteiger partial charge in [-0.2, -0.15) is 4.72 Å². The number of thiophene rings is 1. The van der Waals surface area contributed by atoms with Crippen molar-refractivity contribution in [1.29, 1.82) is 0 Å². The van der Waals surface area contributed by atoms with Crippen LogP contribution in [0, 0.1) is 13.8 Å². The molecule has 0 fully saturated rings. The number of rotatable bonds is 7. The summed E-state index contributed by atoms with van der Waals surface area (Å²) in [5.74, 6) is -0.380. The number of hydrogen-bond acceptors (Lipinski definition) is 6. The number of nitrogens with zero attached hydrogens (tertiary/aromatic N) is 1. The van der Waals surface area contributed by atoms with Gasteiger partial charge in [0.2, 0.25) is 15.9 Å². The third-order valence-electron chi connectivity index (χ3n) is 4.03. The van der Waals surface area contributed by atoms with Crippen LogP contribution in [-0.4, -0.2) is 25.4 Å². The molecule has 0 saturated carbocycles. The predicted molar refractivity (Wildman–Crippen MR) is 113 cm³/mol. The van der Waals surface area contributed by atoms with E-state index in [1.54, 1.807) is 34.8 Å². The molecule has 2 heterocycles. The standard InChI is InChI=1S/C19H21N3O3S3/c1-12-4-7-16(8-5-12)28(24,25)22-13(2)19(23)20-10-15-6-9-18(27-15)17-11-26-14(3)21-17/h4-9,11,13,22H,10H2,1-3H3,(H,20,23)/t13-/m0/s1. The molecule has 3 aromatic rings. The molecule has 6 nitrogen and oxygen atoms in total. The van der Waals surface area contributed by atoms with E-state index in [-0.39, 0.29) is 10.8 Å². The zero-order valence-corrected chi connectivity index (χ0v) is 18.2. The van der Waals surface area contributed by atoms with Gasteiger partial charge in [-0.15, -0.1) is 22.7 Å². The molecular weight excluding hydrogens is 414 g/mol. The fourth-order valence-corrected chi connectivity index (χ4v) is 5.28. The summed E-state index contributed by atoms with van der Waals surface area (Å²) in [5.41, 5.74) is 1.90. The number of carbonyl (C=O) groups is 1. The Bertz CT molecular complexity index is 1070. The van der Waals surface area contributed by atoms with Gasteiger partial charge in [0.25, 0.3) is 0 Å². The van der Waals surface area contributed by atoms with E-state index in [0.717, 1.165) is 26.0 Å². The summed E-state index contributed by atoms with van der Waals surface area (Å²) in [4.78, 5) is 18.9. The first-order valence-electron chi connectivity index (χ1n) is 8.62. The molecule has 0 bridgehead atoms. The highest BCUT2D eigenvalue weighted by atomic mass is 32.2. The van der Waals surface area contributed by atoms with Crippen molar-refractivity contribution < 1.29 is 13.2 Å². The van der Waals surface area contributed by atoms with E-state index in [4.69, 9.17) is 0 Å². The van der Waals surface area contributed by atoms with Gasteiger partial charge in [0, 0.05) is 10.3 Å². The van der Waals surface area contributed by atoms with Gasteiger partial charge in [-0.05, 0) is 45.0 Å². The SMILES string of the molecule is Cc1ccc(S(=O)(=O)N[C@@H](C)C(=O)NCc2ccc(-c3csc(C)n3)s2)cc1. The number of nitrogens with one attached hydrogen (secondary N) is 2. The molecule has 0 saturated heterocycles. The summed E-state index contributed by atoms with van der Waals surface area (Å²) in [6.45, 7) is 5.70. The molecule has 0 radical (unpaired) electrons. The lowest BCUT2D eigenvalue weighted by atomic mass is 10.2. The number of aryl methyl sites for hydroxylation is 2. The quantitative estimate of drug-likeness (QED) is 0.595. The van der Waals surface area contributed by atoms with Gasteiger partial charge >= 0.3 is 0 Å². The van der Waals surface area contributed by atoms with E-state index in [0.29, 0.717) is 6.54 Å². The molecule has 0 spiro atoms. The van der Waals surface area contributed by atoms with Crippen molar-refractivity contribution in [2.45, 2.75) is 38.3 Å². The molecule has 1 atom stereocenters. The highest BCUT2D eigenvalue weighted by Crippen LogP contribution is 2.28. The molecule has 148 valence electrons. The smallest absolute Gasteiger partial charge is 0.241 e. The summed E-state index contributed by atoms with van der Waals surface area (Å²) in [6, 6.07) is 9.52. The van der Waals surface area contributed by atoms with Crippen molar-refractivity contribution in [1.82, 2.24) is 15.0 Å². The normalized spacial score (nSPS) is 12.7. The lowest BCUT2D eigenvalue weighted by molar-refractivity contribution is -0.122. The molecule has 0 aliphatic rings. The molecule has 0 aliphatic carbocycles. The monoisotopic (exact) mass is 435 g/mol. The summed E-state index contributed by atoms with van der Waals surface area (Å²) in [7, 11) is -3.75. The van der Waals surface area contributed by atoms with Crippen LogP contribution in [0.3, 0.4) is 0 Å². The number of amides is 1. The topological polar surface area (TPSA) is 88.2 Å². The van der Waals surface area contributed by atoms with Crippen LogP contribution in [-0.2, 0) is 21.4 Å². The number of hydrogen-bond donors (Lipinski definition) is 2. The second kappa shape index (κ2) is 8.52. The Morgan fingerprint density at radius 3 is 2.50 bits per heavy atom. The third kappa shape index (κ3) is 5.05. The maximum atomic E-state index is 12.4. The zero-order chi connectivity index (χ0) is 20.3. The van der Waals surface area contributed by atoms with Crippen LogP contribution in [0.4, 0.5) is 0 Å². The zero-order valence-electron chi connectivity index (χ0n) is 15.7. The minimum atomic E-state index is -3.75. The van der Waals surface area contributed by atoms with Crippen molar-refractivity contribution in [2.75, 3.05) is 0 Å². The predicted octanol–water partition coefficient (Wildman–Crippen LogP) is 3.47. The Balaban J connectivity index is 1.57. The fraction of sp³-hybridized carbons (Fsp3) is 0.263.